The highest BCUT2D eigenvalue weighted by atomic mass is 16.4. The first-order valence-corrected chi connectivity index (χ1v) is 9.63. The largest absolute Gasteiger partial charge is 0.480 e. The van der Waals surface area contributed by atoms with E-state index in [9.17, 15) is 15.0 Å². The summed E-state index contributed by atoms with van der Waals surface area (Å²) in [6, 6.07) is 8.13. The summed E-state index contributed by atoms with van der Waals surface area (Å²) in [5.41, 5.74) is 2.07. The van der Waals surface area contributed by atoms with E-state index in [0.29, 0.717) is 6.54 Å². The Hall–Kier alpha value is -1.93. The molecular formula is C20H28N4O3. The third-order valence-corrected chi connectivity index (χ3v) is 5.91. The molecule has 0 aliphatic carbocycles. The van der Waals surface area contributed by atoms with Gasteiger partial charge in [-0.05, 0) is 18.7 Å². The highest BCUT2D eigenvalue weighted by Crippen LogP contribution is 2.25. The van der Waals surface area contributed by atoms with Gasteiger partial charge in [0.1, 0.15) is 6.54 Å². The second-order valence-electron chi connectivity index (χ2n) is 7.86. The Balaban J connectivity index is 1.49. The lowest BCUT2D eigenvalue weighted by Gasteiger charge is -2.37. The number of likely N-dealkylation sites (tertiary alicyclic amines) is 1. The Morgan fingerprint density at radius 1 is 1.15 bits per heavy atom. The molecule has 0 amide bonds. The van der Waals surface area contributed by atoms with Crippen molar-refractivity contribution in [1.29, 1.82) is 0 Å². The van der Waals surface area contributed by atoms with Gasteiger partial charge >= 0.3 is 5.97 Å². The predicted octanol–water partition coefficient (Wildman–Crippen LogP) is 0.518. The molecule has 1 aromatic heterocycles. The fourth-order valence-electron chi connectivity index (χ4n) is 4.45. The molecule has 3 heterocycles. The maximum atomic E-state index is 11.2. The molecule has 0 spiro atoms. The Morgan fingerprint density at radius 3 is 2.63 bits per heavy atom. The molecule has 7 heteroatoms. The maximum Gasteiger partial charge on any atom is 0.323 e. The molecule has 2 N–H and O–H groups in total. The van der Waals surface area contributed by atoms with Crippen molar-refractivity contribution in [2.24, 2.45) is 0 Å². The average Bonchev–Trinajstić information content (AvgIpc) is 3.17. The molecule has 27 heavy (non-hydrogen) atoms. The fraction of sp³-hybridized carbons (Fsp3) is 0.550. The highest BCUT2D eigenvalue weighted by Gasteiger charge is 2.36. The average molecular weight is 372 g/mol. The molecule has 7 nitrogen and oxygen atoms in total. The van der Waals surface area contributed by atoms with E-state index in [1.807, 2.05) is 30.5 Å². The lowest BCUT2D eigenvalue weighted by atomic mass is 10.1. The quantitative estimate of drug-likeness (QED) is 0.797. The molecule has 2 aliphatic heterocycles. The number of fused-ring (bicyclic) bond motifs is 1. The number of hydrogen-bond donors (Lipinski definition) is 2. The monoisotopic (exact) mass is 372 g/mol. The SMILES string of the molecule is CN1CCN([C@H]2CN(Cc3cn(CC(=O)O)c4ccccc34)C[C@@H]2O)CC1. The van der Waals surface area contributed by atoms with Crippen LogP contribution in [0.4, 0.5) is 0 Å². The van der Waals surface area contributed by atoms with Gasteiger partial charge in [0.05, 0.1) is 6.10 Å². The third kappa shape index (κ3) is 3.87. The van der Waals surface area contributed by atoms with Crippen molar-refractivity contribution in [2.75, 3.05) is 46.3 Å². The zero-order valence-electron chi connectivity index (χ0n) is 15.8. The Morgan fingerprint density at radius 2 is 1.89 bits per heavy atom. The van der Waals surface area contributed by atoms with Crippen molar-refractivity contribution in [2.45, 2.75) is 25.2 Å². The van der Waals surface area contributed by atoms with Gasteiger partial charge < -0.3 is 19.7 Å². The molecule has 0 bridgehead atoms. The van der Waals surface area contributed by atoms with E-state index in [0.717, 1.165) is 55.7 Å². The van der Waals surface area contributed by atoms with Crippen LogP contribution in [0.15, 0.2) is 30.5 Å². The minimum atomic E-state index is -0.839. The number of aromatic nitrogens is 1. The summed E-state index contributed by atoms with van der Waals surface area (Å²) < 4.78 is 1.80. The van der Waals surface area contributed by atoms with Crippen molar-refractivity contribution < 1.29 is 15.0 Å². The maximum absolute atomic E-state index is 11.2. The van der Waals surface area contributed by atoms with E-state index in [1.165, 1.54) is 0 Å². The standard InChI is InChI=1S/C20H28N4O3/c1-21-6-8-23(9-7-21)18-12-22(13-19(18)25)10-15-11-24(14-20(26)27)17-5-3-2-4-16(15)17/h2-5,11,18-19,25H,6-10,12-14H2,1H3,(H,26,27)/t18-,19-/m0/s1. The Kier molecular flexibility index (Phi) is 5.19. The van der Waals surface area contributed by atoms with Crippen molar-refractivity contribution in [3.8, 4) is 0 Å². The van der Waals surface area contributed by atoms with Crippen LogP contribution in [0.25, 0.3) is 10.9 Å². The van der Waals surface area contributed by atoms with Crippen LogP contribution in [0.1, 0.15) is 5.56 Å². The number of carbonyl (C=O) groups is 1. The van der Waals surface area contributed by atoms with Crippen LogP contribution in [-0.2, 0) is 17.9 Å². The molecule has 2 aromatic rings. The molecule has 0 radical (unpaired) electrons. The van der Waals surface area contributed by atoms with Gasteiger partial charge in [0.25, 0.3) is 0 Å². The van der Waals surface area contributed by atoms with Crippen LogP contribution in [-0.4, -0.2) is 93.9 Å². The van der Waals surface area contributed by atoms with Crippen LogP contribution in [0, 0.1) is 0 Å². The molecule has 146 valence electrons. The lowest BCUT2D eigenvalue weighted by Crippen LogP contribution is -2.52. The van der Waals surface area contributed by atoms with E-state index in [4.69, 9.17) is 0 Å². The second-order valence-corrected chi connectivity index (χ2v) is 7.86. The van der Waals surface area contributed by atoms with E-state index in [2.05, 4.69) is 21.7 Å². The fourth-order valence-corrected chi connectivity index (χ4v) is 4.45. The first-order valence-electron chi connectivity index (χ1n) is 9.63. The van der Waals surface area contributed by atoms with E-state index in [-0.39, 0.29) is 18.7 Å². The highest BCUT2D eigenvalue weighted by molar-refractivity contribution is 5.85. The third-order valence-electron chi connectivity index (χ3n) is 5.91. The van der Waals surface area contributed by atoms with E-state index < -0.39 is 5.97 Å². The van der Waals surface area contributed by atoms with Gasteiger partial charge in [0.15, 0.2) is 0 Å². The van der Waals surface area contributed by atoms with Crippen molar-refractivity contribution >= 4 is 16.9 Å². The van der Waals surface area contributed by atoms with Crippen LogP contribution < -0.4 is 0 Å². The second kappa shape index (κ2) is 7.59. The summed E-state index contributed by atoms with van der Waals surface area (Å²) in [4.78, 5) is 18.2. The summed E-state index contributed by atoms with van der Waals surface area (Å²) in [5.74, 6) is -0.839. The van der Waals surface area contributed by atoms with Crippen LogP contribution in [0.3, 0.4) is 0 Å². The summed E-state index contributed by atoms with van der Waals surface area (Å²) in [6.07, 6.45) is 1.62. The van der Waals surface area contributed by atoms with Crippen LogP contribution in [0.2, 0.25) is 0 Å². The number of para-hydroxylation sites is 1. The smallest absolute Gasteiger partial charge is 0.323 e. The number of aliphatic hydroxyl groups excluding tert-OH is 1. The zero-order chi connectivity index (χ0) is 19.0. The summed E-state index contributed by atoms with van der Waals surface area (Å²) >= 11 is 0. The molecule has 2 aliphatic rings. The number of aliphatic hydroxyl groups is 1. The van der Waals surface area contributed by atoms with Gasteiger partial charge in [-0.15, -0.1) is 0 Å². The number of carboxylic acids is 1. The number of rotatable bonds is 5. The Labute approximate surface area is 159 Å². The molecule has 4 rings (SSSR count). The van der Waals surface area contributed by atoms with Gasteiger partial charge in [0.2, 0.25) is 0 Å². The molecular weight excluding hydrogens is 344 g/mol. The summed E-state index contributed by atoms with van der Waals surface area (Å²) in [7, 11) is 2.14. The zero-order valence-corrected chi connectivity index (χ0v) is 15.8. The van der Waals surface area contributed by atoms with E-state index in [1.54, 1.807) is 4.57 Å². The molecule has 1 aromatic carbocycles. The number of nitrogens with zero attached hydrogens (tertiary/aromatic N) is 4. The predicted molar refractivity (Wildman–Crippen MR) is 104 cm³/mol. The first-order chi connectivity index (χ1) is 13.0. The number of β-amino-alcohol motifs (C(OH)–C–C–N with tert-alkyl or cyclic N) is 1. The summed E-state index contributed by atoms with van der Waals surface area (Å²) in [6.45, 7) is 6.31. The molecule has 2 atom stereocenters. The van der Waals surface area contributed by atoms with Gasteiger partial charge in [-0.25, -0.2) is 0 Å². The number of hydrogen-bond acceptors (Lipinski definition) is 5. The number of piperazine rings is 1. The summed E-state index contributed by atoms with van der Waals surface area (Å²) in [5, 5.41) is 20.9. The topological polar surface area (TPSA) is 72.2 Å². The number of aliphatic carboxylic acids is 1. The minimum absolute atomic E-state index is 0.0347. The molecule has 2 saturated heterocycles. The minimum Gasteiger partial charge on any atom is -0.480 e. The van der Waals surface area contributed by atoms with Gasteiger partial charge in [-0.2, -0.15) is 0 Å². The molecule has 0 unspecified atom stereocenters. The van der Waals surface area contributed by atoms with Crippen LogP contribution >= 0.6 is 0 Å². The normalized spacial score (nSPS) is 25.4. The van der Waals surface area contributed by atoms with Crippen molar-refractivity contribution in [1.82, 2.24) is 19.3 Å². The molecule has 2 fully saturated rings. The number of carboxylic acid groups (broad SMARTS) is 1. The molecule has 0 saturated carbocycles. The lowest BCUT2D eigenvalue weighted by molar-refractivity contribution is -0.137. The van der Waals surface area contributed by atoms with Crippen molar-refractivity contribution in [3.63, 3.8) is 0 Å². The van der Waals surface area contributed by atoms with Crippen molar-refractivity contribution in [3.05, 3.63) is 36.0 Å². The number of likely N-dealkylation sites (N-methyl/N-ethyl adjacent to an activating group) is 1. The van der Waals surface area contributed by atoms with Gasteiger partial charge in [-0.1, -0.05) is 18.2 Å². The number of benzene rings is 1. The van der Waals surface area contributed by atoms with Gasteiger partial charge in [-0.3, -0.25) is 14.6 Å². The van der Waals surface area contributed by atoms with Gasteiger partial charge in [0, 0.05) is 69.0 Å². The van der Waals surface area contributed by atoms with E-state index >= 15 is 0 Å². The van der Waals surface area contributed by atoms with Crippen LogP contribution in [0.5, 0.6) is 0 Å². The first kappa shape index (κ1) is 18.4. The Bertz CT molecular complexity index is 813.